The average molecular weight is 490 g/mol. The number of ether oxygens (including phenoxy) is 1. The minimum atomic E-state index is -0.602. The third-order valence-corrected chi connectivity index (χ3v) is 8.24. The van der Waals surface area contributed by atoms with Crippen molar-refractivity contribution in [3.05, 3.63) is 71.8 Å². The Morgan fingerprint density at radius 2 is 1.72 bits per heavy atom. The minimum Gasteiger partial charge on any atom is -0.460 e. The quantitative estimate of drug-likeness (QED) is 0.555. The number of likely N-dealkylation sites (tertiary alicyclic amines) is 1. The van der Waals surface area contributed by atoms with E-state index in [9.17, 15) is 9.59 Å². The van der Waals surface area contributed by atoms with Gasteiger partial charge < -0.3 is 15.4 Å². The molecule has 0 aromatic heterocycles. The molecule has 4 aliphatic rings. The van der Waals surface area contributed by atoms with Gasteiger partial charge in [-0.2, -0.15) is 0 Å². The SMILES string of the molecule is CC(C)(C)OC(=O)CCN1C[C@H]2C[C@]3(C(=O)NCc4ccccc4)NC[C@H]2[C@H]1[C@H]3Cc1ccccc1. The third-order valence-electron chi connectivity index (χ3n) is 8.24. The number of piperidine rings is 2. The molecule has 2 aromatic rings. The Kier molecular flexibility index (Phi) is 6.92. The smallest absolute Gasteiger partial charge is 0.307 e. The van der Waals surface area contributed by atoms with E-state index in [1.807, 2.05) is 57.2 Å². The number of esters is 1. The molecule has 6 rings (SSSR count). The van der Waals surface area contributed by atoms with Gasteiger partial charge in [0.25, 0.3) is 0 Å². The molecular weight excluding hydrogens is 450 g/mol. The van der Waals surface area contributed by atoms with Crippen molar-refractivity contribution in [3.63, 3.8) is 0 Å². The predicted octanol–water partition coefficient (Wildman–Crippen LogP) is 3.56. The van der Waals surface area contributed by atoms with Gasteiger partial charge in [0, 0.05) is 38.1 Å². The van der Waals surface area contributed by atoms with Crippen LogP contribution < -0.4 is 10.6 Å². The standard InChI is InChI=1S/C30H39N3O3/c1-29(2,3)36-26(34)14-15-33-20-23-17-30(28(35)31-18-22-12-8-5-9-13-22)25(27(33)24(23)19-32-30)16-21-10-6-4-7-11-21/h4-13,23-25,27,32H,14-20H2,1-3H3,(H,31,35)/t23-,24-,25-,27+,30+/m1/s1. The van der Waals surface area contributed by atoms with Crippen LogP contribution in [0, 0.1) is 17.8 Å². The lowest BCUT2D eigenvalue weighted by molar-refractivity contribution is -0.155. The van der Waals surface area contributed by atoms with Crippen molar-refractivity contribution in [1.82, 2.24) is 15.5 Å². The molecule has 0 radical (unpaired) electrons. The summed E-state index contributed by atoms with van der Waals surface area (Å²) in [5, 5.41) is 6.99. The predicted molar refractivity (Wildman–Crippen MR) is 140 cm³/mol. The molecule has 0 unspecified atom stereocenters. The van der Waals surface area contributed by atoms with Gasteiger partial charge in [-0.25, -0.2) is 0 Å². The van der Waals surface area contributed by atoms with E-state index in [4.69, 9.17) is 4.74 Å². The first kappa shape index (κ1) is 25.0. The lowest BCUT2D eigenvalue weighted by Gasteiger charge is -2.56. The molecule has 0 spiro atoms. The number of fused-ring (bicyclic) bond motifs is 1. The zero-order valence-electron chi connectivity index (χ0n) is 21.7. The number of hydrogen-bond acceptors (Lipinski definition) is 5. The van der Waals surface area contributed by atoms with E-state index in [0.29, 0.717) is 31.3 Å². The van der Waals surface area contributed by atoms with E-state index in [0.717, 1.165) is 31.5 Å². The van der Waals surface area contributed by atoms with Crippen LogP contribution >= 0.6 is 0 Å². The van der Waals surface area contributed by atoms with Gasteiger partial charge in [0.05, 0.1) is 6.42 Å². The summed E-state index contributed by atoms with van der Waals surface area (Å²) in [6.45, 7) is 8.73. The van der Waals surface area contributed by atoms with Crippen LogP contribution in [0.25, 0.3) is 0 Å². The van der Waals surface area contributed by atoms with Crippen LogP contribution in [0.2, 0.25) is 0 Å². The summed E-state index contributed by atoms with van der Waals surface area (Å²) in [5.41, 5.74) is 1.28. The largest absolute Gasteiger partial charge is 0.460 e. The Hall–Kier alpha value is -2.70. The summed E-state index contributed by atoms with van der Waals surface area (Å²) in [7, 11) is 0. The number of benzene rings is 2. The van der Waals surface area contributed by atoms with E-state index in [1.54, 1.807) is 0 Å². The number of nitrogens with one attached hydrogen (secondary N) is 2. The zero-order chi connectivity index (χ0) is 25.3. The van der Waals surface area contributed by atoms with E-state index >= 15 is 0 Å². The maximum atomic E-state index is 13.9. The molecule has 1 amide bonds. The Balaban J connectivity index is 1.37. The van der Waals surface area contributed by atoms with Crippen LogP contribution in [0.15, 0.2) is 60.7 Å². The van der Waals surface area contributed by atoms with Crippen LogP contribution in [0.1, 0.15) is 44.7 Å². The fourth-order valence-electron chi connectivity index (χ4n) is 6.83. The first-order valence-electron chi connectivity index (χ1n) is 13.3. The van der Waals surface area contributed by atoms with E-state index < -0.39 is 11.1 Å². The molecule has 3 saturated heterocycles. The second-order valence-corrected chi connectivity index (χ2v) is 11.8. The zero-order valence-corrected chi connectivity index (χ0v) is 21.7. The summed E-state index contributed by atoms with van der Waals surface area (Å²) in [6.07, 6.45) is 2.06. The van der Waals surface area contributed by atoms with E-state index in [2.05, 4.69) is 39.8 Å². The molecular formula is C30H39N3O3. The van der Waals surface area contributed by atoms with Gasteiger partial charge >= 0.3 is 5.97 Å². The highest BCUT2D eigenvalue weighted by Crippen LogP contribution is 2.52. The highest BCUT2D eigenvalue weighted by molar-refractivity contribution is 5.87. The molecule has 4 bridgehead atoms. The van der Waals surface area contributed by atoms with Crippen LogP contribution in [0.3, 0.4) is 0 Å². The first-order valence-corrected chi connectivity index (χ1v) is 13.3. The summed E-state index contributed by atoms with van der Waals surface area (Å²) in [6, 6.07) is 20.9. The molecule has 3 heterocycles. The van der Waals surface area contributed by atoms with E-state index in [1.165, 1.54) is 5.56 Å². The first-order chi connectivity index (χ1) is 17.2. The Bertz CT molecular complexity index is 1070. The lowest BCUT2D eigenvalue weighted by Crippen LogP contribution is -2.74. The van der Waals surface area contributed by atoms with Crippen molar-refractivity contribution in [2.24, 2.45) is 17.8 Å². The molecule has 2 aromatic carbocycles. The molecule has 6 nitrogen and oxygen atoms in total. The monoisotopic (exact) mass is 489 g/mol. The lowest BCUT2D eigenvalue weighted by atomic mass is 9.58. The average Bonchev–Trinajstić information content (AvgIpc) is 3.16. The molecule has 192 valence electrons. The number of amides is 1. The van der Waals surface area contributed by atoms with Gasteiger partial charge in [-0.3, -0.25) is 14.5 Å². The summed E-state index contributed by atoms with van der Waals surface area (Å²) in [4.78, 5) is 28.9. The molecule has 3 aliphatic heterocycles. The third kappa shape index (κ3) is 5.07. The van der Waals surface area contributed by atoms with Crippen molar-refractivity contribution < 1.29 is 14.3 Å². The second kappa shape index (κ2) is 9.98. The molecule has 6 heteroatoms. The fourth-order valence-corrected chi connectivity index (χ4v) is 6.83. The maximum absolute atomic E-state index is 13.9. The molecule has 4 fully saturated rings. The highest BCUT2D eigenvalue weighted by atomic mass is 16.6. The Morgan fingerprint density at radius 1 is 1.06 bits per heavy atom. The molecule has 36 heavy (non-hydrogen) atoms. The minimum absolute atomic E-state index is 0.106. The maximum Gasteiger partial charge on any atom is 0.307 e. The Morgan fingerprint density at radius 3 is 2.39 bits per heavy atom. The van der Waals surface area contributed by atoms with Gasteiger partial charge in [0.1, 0.15) is 11.1 Å². The second-order valence-electron chi connectivity index (χ2n) is 11.8. The summed E-state index contributed by atoms with van der Waals surface area (Å²) >= 11 is 0. The normalized spacial score (nSPS) is 29.2. The molecule has 2 N–H and O–H groups in total. The van der Waals surface area contributed by atoms with E-state index in [-0.39, 0.29) is 23.8 Å². The Labute approximate surface area is 214 Å². The van der Waals surface area contributed by atoms with Gasteiger partial charge in [0.15, 0.2) is 0 Å². The van der Waals surface area contributed by atoms with Crippen molar-refractivity contribution >= 4 is 11.9 Å². The van der Waals surface area contributed by atoms with Crippen molar-refractivity contribution in [2.75, 3.05) is 19.6 Å². The topological polar surface area (TPSA) is 70.7 Å². The number of carbonyl (C=O) groups is 2. The van der Waals surface area contributed by atoms with Gasteiger partial charge in [-0.05, 0) is 56.6 Å². The number of nitrogens with zero attached hydrogens (tertiary/aromatic N) is 1. The summed E-state index contributed by atoms with van der Waals surface area (Å²) < 4.78 is 5.58. The van der Waals surface area contributed by atoms with Crippen molar-refractivity contribution in [3.8, 4) is 0 Å². The number of hydrogen-bond donors (Lipinski definition) is 2. The summed E-state index contributed by atoms with van der Waals surface area (Å²) in [5.74, 6) is 1.05. The fraction of sp³-hybridized carbons (Fsp3) is 0.533. The number of rotatable bonds is 8. The molecule has 1 saturated carbocycles. The van der Waals surface area contributed by atoms with Crippen LogP contribution in [-0.4, -0.2) is 53.6 Å². The van der Waals surface area contributed by atoms with Gasteiger partial charge in [-0.15, -0.1) is 0 Å². The number of carbonyl (C=O) groups excluding carboxylic acids is 2. The van der Waals surface area contributed by atoms with Crippen LogP contribution in [0.4, 0.5) is 0 Å². The van der Waals surface area contributed by atoms with Crippen LogP contribution in [0.5, 0.6) is 0 Å². The van der Waals surface area contributed by atoms with Crippen molar-refractivity contribution in [2.45, 2.75) is 63.8 Å². The van der Waals surface area contributed by atoms with Crippen LogP contribution in [-0.2, 0) is 27.3 Å². The van der Waals surface area contributed by atoms with Gasteiger partial charge in [0.2, 0.25) is 5.91 Å². The van der Waals surface area contributed by atoms with Gasteiger partial charge in [-0.1, -0.05) is 60.7 Å². The molecule has 5 atom stereocenters. The highest BCUT2D eigenvalue weighted by Gasteiger charge is 2.64. The molecule has 1 aliphatic carbocycles. The van der Waals surface area contributed by atoms with Crippen molar-refractivity contribution in [1.29, 1.82) is 0 Å².